The fourth-order valence-electron chi connectivity index (χ4n) is 3.86. The number of oxime groups is 1. The van der Waals surface area contributed by atoms with Crippen LogP contribution in [-0.2, 0) is 20.0 Å². The van der Waals surface area contributed by atoms with Gasteiger partial charge >= 0.3 is 5.97 Å². The number of nitrogens with zero attached hydrogens (tertiary/aromatic N) is 3. The van der Waals surface area contributed by atoms with Crippen molar-refractivity contribution in [2.24, 2.45) is 5.16 Å². The number of carbonyl (C=O) groups is 2. The van der Waals surface area contributed by atoms with E-state index >= 15 is 0 Å². The third-order valence-electron chi connectivity index (χ3n) is 5.71. The molecular formula is C28H26N4O4S. The smallest absolute Gasteiger partial charge is 0.360 e. The van der Waals surface area contributed by atoms with Crippen LogP contribution in [0.1, 0.15) is 22.4 Å². The predicted molar refractivity (Wildman–Crippen MR) is 144 cm³/mol. The van der Waals surface area contributed by atoms with Gasteiger partial charge in [-0.3, -0.25) is 4.79 Å². The number of carboxylic acid groups (broad SMARTS) is 1. The Labute approximate surface area is 218 Å². The molecule has 0 saturated heterocycles. The van der Waals surface area contributed by atoms with Gasteiger partial charge in [-0.2, -0.15) is 0 Å². The van der Waals surface area contributed by atoms with E-state index in [1.807, 2.05) is 91.0 Å². The lowest BCUT2D eigenvalue weighted by Gasteiger charge is -2.36. The van der Waals surface area contributed by atoms with Crippen LogP contribution in [0, 0.1) is 0 Å². The van der Waals surface area contributed by atoms with Gasteiger partial charge in [-0.1, -0.05) is 96.2 Å². The van der Waals surface area contributed by atoms with Gasteiger partial charge in [-0.25, -0.2) is 9.78 Å². The van der Waals surface area contributed by atoms with Crippen LogP contribution in [0.5, 0.6) is 0 Å². The van der Waals surface area contributed by atoms with Crippen LogP contribution in [0.15, 0.2) is 102 Å². The minimum absolute atomic E-state index is 0.125. The van der Waals surface area contributed by atoms with Crippen LogP contribution in [0.4, 0.5) is 5.13 Å². The van der Waals surface area contributed by atoms with E-state index in [4.69, 9.17) is 4.84 Å². The van der Waals surface area contributed by atoms with E-state index < -0.39 is 11.5 Å². The summed E-state index contributed by atoms with van der Waals surface area (Å²) in [6, 6.07) is 30.0. The maximum Gasteiger partial charge on any atom is 0.360 e. The molecule has 1 aromatic heterocycles. The Balaban J connectivity index is 1.76. The summed E-state index contributed by atoms with van der Waals surface area (Å²) in [6.07, 6.45) is 0. The van der Waals surface area contributed by atoms with E-state index in [1.54, 1.807) is 19.5 Å². The lowest BCUT2D eigenvalue weighted by atomic mass is 9.77. The number of likely N-dealkylation sites (N-methyl/N-ethyl adjacent to an activating group) is 1. The molecule has 2 N–H and O–H groups in total. The van der Waals surface area contributed by atoms with Gasteiger partial charge in [0.2, 0.25) is 5.71 Å². The standard InChI is InChI=1S/C28H26N4O4S/c1-32(2)24(33)18-36-31-25(26(34)35)23-19-37-27(29-23)30-28(20-12-6-3-7-13-20,21-14-8-4-9-15-21)22-16-10-5-11-17-22/h3-17,19H,18H2,1-2H3,(H,29,30)(H,34,35)/b31-25-. The van der Waals surface area contributed by atoms with Crippen molar-refractivity contribution in [3.05, 3.63) is 119 Å². The zero-order valence-corrected chi connectivity index (χ0v) is 21.2. The van der Waals surface area contributed by atoms with Crippen molar-refractivity contribution < 1.29 is 19.5 Å². The fraction of sp³-hybridized carbons (Fsp3) is 0.143. The van der Waals surface area contributed by atoms with Gasteiger partial charge in [0.15, 0.2) is 11.7 Å². The molecule has 4 aromatic rings. The second kappa shape index (κ2) is 11.5. The zero-order valence-electron chi connectivity index (χ0n) is 20.4. The van der Waals surface area contributed by atoms with E-state index in [0.29, 0.717) is 5.13 Å². The minimum Gasteiger partial charge on any atom is -0.476 e. The number of nitrogens with one attached hydrogen (secondary N) is 1. The van der Waals surface area contributed by atoms with Gasteiger partial charge in [0.1, 0.15) is 11.2 Å². The Morgan fingerprint density at radius 1 is 0.919 bits per heavy atom. The lowest BCUT2D eigenvalue weighted by molar-refractivity contribution is -0.134. The molecule has 8 nitrogen and oxygen atoms in total. The van der Waals surface area contributed by atoms with Crippen LogP contribution in [0.2, 0.25) is 0 Å². The van der Waals surface area contributed by atoms with Gasteiger partial charge in [0.25, 0.3) is 5.91 Å². The summed E-state index contributed by atoms with van der Waals surface area (Å²) >= 11 is 1.25. The topological polar surface area (TPSA) is 104 Å². The Hall–Kier alpha value is -4.50. The summed E-state index contributed by atoms with van der Waals surface area (Å²) in [5.41, 5.74) is 1.89. The van der Waals surface area contributed by atoms with Crippen molar-refractivity contribution in [1.29, 1.82) is 0 Å². The number of carbonyl (C=O) groups excluding carboxylic acids is 1. The molecule has 0 radical (unpaired) electrons. The van der Waals surface area contributed by atoms with Gasteiger partial charge < -0.3 is 20.2 Å². The third-order valence-corrected chi connectivity index (χ3v) is 6.46. The quantitative estimate of drug-likeness (QED) is 0.184. The SMILES string of the molecule is CN(C)C(=O)CO/N=C(\C(=O)O)c1csc(NC(c2ccccc2)(c2ccccc2)c2ccccc2)n1. The number of rotatable bonds is 10. The van der Waals surface area contributed by atoms with Crippen LogP contribution in [0.25, 0.3) is 0 Å². The molecule has 0 unspecified atom stereocenters. The van der Waals surface area contributed by atoms with E-state index in [2.05, 4.69) is 15.5 Å². The van der Waals surface area contributed by atoms with Gasteiger partial charge in [-0.05, 0) is 16.7 Å². The Kier molecular flexibility index (Phi) is 7.95. The lowest BCUT2D eigenvalue weighted by Crippen LogP contribution is -2.38. The summed E-state index contributed by atoms with van der Waals surface area (Å²) in [5.74, 6) is -1.65. The Bertz CT molecular complexity index is 1280. The predicted octanol–water partition coefficient (Wildman–Crippen LogP) is 4.44. The van der Waals surface area contributed by atoms with Crippen LogP contribution < -0.4 is 5.32 Å². The van der Waals surface area contributed by atoms with Gasteiger partial charge in [-0.15, -0.1) is 11.3 Å². The van der Waals surface area contributed by atoms with E-state index in [9.17, 15) is 14.7 Å². The third kappa shape index (κ3) is 5.68. The Morgan fingerprint density at radius 3 is 1.84 bits per heavy atom. The highest BCUT2D eigenvalue weighted by Gasteiger charge is 2.37. The molecule has 0 saturated carbocycles. The summed E-state index contributed by atoms with van der Waals surface area (Å²) in [7, 11) is 3.15. The van der Waals surface area contributed by atoms with E-state index in [1.165, 1.54) is 16.2 Å². The highest BCUT2D eigenvalue weighted by molar-refractivity contribution is 7.14. The molecule has 37 heavy (non-hydrogen) atoms. The van der Waals surface area contributed by atoms with Crippen LogP contribution >= 0.6 is 11.3 Å². The molecular weight excluding hydrogens is 488 g/mol. The number of benzene rings is 3. The van der Waals surface area contributed by atoms with Crippen molar-refractivity contribution in [2.75, 3.05) is 26.0 Å². The Morgan fingerprint density at radius 2 is 1.41 bits per heavy atom. The molecule has 1 amide bonds. The van der Waals surface area contributed by atoms with Crippen molar-refractivity contribution in [3.8, 4) is 0 Å². The molecule has 0 fully saturated rings. The average Bonchev–Trinajstić information content (AvgIpc) is 3.38. The molecule has 0 spiro atoms. The summed E-state index contributed by atoms with van der Waals surface area (Å²) < 4.78 is 0. The van der Waals surface area contributed by atoms with Crippen LogP contribution in [0.3, 0.4) is 0 Å². The second-order valence-electron chi connectivity index (χ2n) is 8.32. The molecule has 0 bridgehead atoms. The maximum atomic E-state index is 11.9. The highest BCUT2D eigenvalue weighted by Crippen LogP contribution is 2.40. The first-order valence-electron chi connectivity index (χ1n) is 11.5. The van der Waals surface area contributed by atoms with Gasteiger partial charge in [0, 0.05) is 19.5 Å². The van der Waals surface area contributed by atoms with Crippen molar-refractivity contribution >= 4 is 34.1 Å². The van der Waals surface area contributed by atoms with Crippen molar-refractivity contribution in [3.63, 3.8) is 0 Å². The maximum absolute atomic E-state index is 11.9. The summed E-state index contributed by atoms with van der Waals surface area (Å²) in [4.78, 5) is 34.6. The number of thiazole rings is 1. The number of aromatic nitrogens is 1. The van der Waals surface area contributed by atoms with E-state index in [-0.39, 0.29) is 23.9 Å². The van der Waals surface area contributed by atoms with Crippen molar-refractivity contribution in [2.45, 2.75) is 5.54 Å². The molecule has 4 rings (SSSR count). The zero-order chi connectivity index (χ0) is 26.3. The number of aliphatic carboxylic acids is 1. The number of hydrogen-bond donors (Lipinski definition) is 2. The molecule has 0 aliphatic heterocycles. The number of carboxylic acids is 1. The number of amides is 1. The second-order valence-corrected chi connectivity index (χ2v) is 9.18. The fourth-order valence-corrected chi connectivity index (χ4v) is 4.61. The summed E-state index contributed by atoms with van der Waals surface area (Å²) in [5, 5.41) is 19.1. The summed E-state index contributed by atoms with van der Waals surface area (Å²) in [6.45, 7) is -0.377. The average molecular weight is 515 g/mol. The molecule has 9 heteroatoms. The molecule has 0 aliphatic rings. The normalized spacial score (nSPS) is 11.6. The molecule has 188 valence electrons. The number of anilines is 1. The highest BCUT2D eigenvalue weighted by atomic mass is 32.1. The van der Waals surface area contributed by atoms with Crippen LogP contribution in [-0.4, -0.2) is 53.3 Å². The van der Waals surface area contributed by atoms with Crippen molar-refractivity contribution in [1.82, 2.24) is 9.88 Å². The van der Waals surface area contributed by atoms with Gasteiger partial charge in [0.05, 0.1) is 0 Å². The number of hydrogen-bond acceptors (Lipinski definition) is 7. The molecule has 3 aromatic carbocycles. The first-order valence-corrected chi connectivity index (χ1v) is 12.3. The largest absolute Gasteiger partial charge is 0.476 e. The first kappa shape index (κ1) is 25.6. The minimum atomic E-state index is -1.31. The monoisotopic (exact) mass is 514 g/mol. The molecule has 0 aliphatic carbocycles. The molecule has 0 atom stereocenters. The first-order chi connectivity index (χ1) is 17.9. The molecule has 1 heterocycles. The van der Waals surface area contributed by atoms with E-state index in [0.717, 1.165) is 16.7 Å².